The highest BCUT2D eigenvalue weighted by atomic mass is 16.5. The summed E-state index contributed by atoms with van der Waals surface area (Å²) < 4.78 is 5.08. The number of methoxy groups -OCH3 is 1. The fraction of sp³-hybridized carbons (Fsp3) is 1.00. The Kier molecular flexibility index (Phi) is 16.3. The molecule has 1 atom stereocenters. The van der Waals surface area contributed by atoms with Crippen LogP contribution in [0.1, 0.15) is 40.0 Å². The van der Waals surface area contributed by atoms with Crippen molar-refractivity contribution in [3.63, 3.8) is 0 Å². The van der Waals surface area contributed by atoms with Crippen LogP contribution >= 0.6 is 0 Å². The summed E-state index contributed by atoms with van der Waals surface area (Å²) in [5.41, 5.74) is 0. The highest BCUT2D eigenvalue weighted by Crippen LogP contribution is 1.91. The third kappa shape index (κ3) is 12.6. The minimum atomic E-state index is 0.389. The first-order chi connectivity index (χ1) is 5.76. The molecule has 0 saturated heterocycles. The first-order valence-electron chi connectivity index (χ1n) is 4.94. The summed E-state index contributed by atoms with van der Waals surface area (Å²) in [6.07, 6.45) is 4.11. The molecule has 0 spiro atoms. The number of likely N-dealkylation sites (N-methyl/N-ethyl adjacent to an activating group) is 1. The Morgan fingerprint density at radius 3 is 1.75 bits per heavy atom. The highest BCUT2D eigenvalue weighted by Gasteiger charge is 1.98. The summed E-state index contributed by atoms with van der Waals surface area (Å²) in [7, 11) is 3.67. The molecule has 2 heteroatoms. The first-order valence-corrected chi connectivity index (χ1v) is 4.94. The lowest BCUT2D eigenvalue weighted by molar-refractivity contribution is 0.100. The average Bonchev–Trinajstić information content (AvgIpc) is 2.14. The number of unbranched alkanes of at least 4 members (excludes halogenated alkanes) is 1. The van der Waals surface area contributed by atoms with Crippen LogP contribution in [0.25, 0.3) is 0 Å². The van der Waals surface area contributed by atoms with Crippen molar-refractivity contribution in [2.75, 3.05) is 20.7 Å². The molecular weight excluding hydrogens is 150 g/mol. The minimum absolute atomic E-state index is 0.389. The van der Waals surface area contributed by atoms with Gasteiger partial charge in [-0.1, -0.05) is 33.6 Å². The van der Waals surface area contributed by atoms with Gasteiger partial charge in [0.05, 0.1) is 6.10 Å². The molecule has 1 N–H and O–H groups in total. The molecule has 76 valence electrons. The van der Waals surface area contributed by atoms with E-state index in [-0.39, 0.29) is 0 Å². The number of nitrogens with one attached hydrogen (secondary N) is 1. The Labute approximate surface area is 77.7 Å². The molecule has 0 fully saturated rings. The normalized spacial score (nSPS) is 11.8. The van der Waals surface area contributed by atoms with E-state index in [0.29, 0.717) is 6.10 Å². The van der Waals surface area contributed by atoms with Crippen molar-refractivity contribution in [2.45, 2.75) is 46.1 Å². The van der Waals surface area contributed by atoms with Crippen LogP contribution in [0.4, 0.5) is 0 Å². The molecule has 0 heterocycles. The van der Waals surface area contributed by atoms with Gasteiger partial charge in [0.2, 0.25) is 0 Å². The second-order valence-electron chi connectivity index (χ2n) is 2.82. The molecule has 0 aromatic carbocycles. The van der Waals surface area contributed by atoms with Crippen molar-refractivity contribution in [2.24, 2.45) is 0 Å². The smallest absolute Gasteiger partial charge is 0.0692 e. The molecule has 0 amide bonds. The quantitative estimate of drug-likeness (QED) is 0.693. The summed E-state index contributed by atoms with van der Waals surface area (Å²) in [5.74, 6) is 0. The molecule has 0 rings (SSSR count). The van der Waals surface area contributed by atoms with E-state index in [9.17, 15) is 0 Å². The summed E-state index contributed by atoms with van der Waals surface area (Å²) in [5, 5.41) is 3.04. The van der Waals surface area contributed by atoms with E-state index in [1.807, 2.05) is 7.05 Å². The van der Waals surface area contributed by atoms with Crippen molar-refractivity contribution < 1.29 is 4.74 Å². The van der Waals surface area contributed by atoms with Crippen molar-refractivity contribution in [1.29, 1.82) is 0 Å². The Bertz CT molecular complexity index is 60.9. The number of rotatable bonds is 5. The second kappa shape index (κ2) is 13.5. The molecule has 0 bridgehead atoms. The molecule has 1 unspecified atom stereocenters. The summed E-state index contributed by atoms with van der Waals surface area (Å²) >= 11 is 0. The molecular formula is C10H25NO. The summed E-state index contributed by atoms with van der Waals surface area (Å²) in [6, 6.07) is 0. The second-order valence-corrected chi connectivity index (χ2v) is 2.82. The molecule has 2 nitrogen and oxygen atoms in total. The molecule has 0 aliphatic rings. The zero-order valence-corrected chi connectivity index (χ0v) is 9.31. The maximum atomic E-state index is 5.08. The van der Waals surface area contributed by atoms with Gasteiger partial charge >= 0.3 is 0 Å². The van der Waals surface area contributed by atoms with Crippen molar-refractivity contribution >= 4 is 0 Å². The van der Waals surface area contributed by atoms with E-state index in [2.05, 4.69) is 26.1 Å². The molecule has 0 radical (unpaired) electrons. The Balaban J connectivity index is 0. The fourth-order valence-electron chi connectivity index (χ4n) is 0.622. The van der Waals surface area contributed by atoms with Crippen LogP contribution < -0.4 is 5.32 Å². The predicted octanol–water partition coefficient (Wildman–Crippen LogP) is 2.44. The molecule has 0 saturated carbocycles. The topological polar surface area (TPSA) is 21.3 Å². The van der Waals surface area contributed by atoms with Gasteiger partial charge in [-0.3, -0.25) is 0 Å². The number of ether oxygens (including phenoxy) is 1. The zero-order chi connectivity index (χ0) is 9.82. The maximum absolute atomic E-state index is 5.08. The van der Waals surface area contributed by atoms with Crippen LogP contribution in [0.5, 0.6) is 0 Å². The van der Waals surface area contributed by atoms with Crippen LogP contribution in [0.2, 0.25) is 0 Å². The molecule has 0 aliphatic heterocycles. The lowest BCUT2D eigenvalue weighted by Crippen LogP contribution is -2.24. The first kappa shape index (κ1) is 14.4. The summed E-state index contributed by atoms with van der Waals surface area (Å²) in [4.78, 5) is 0. The fourth-order valence-corrected chi connectivity index (χ4v) is 0.622. The SMILES string of the molecule is CCC(CNC)OC.CCCC. The molecule has 0 aromatic rings. The van der Waals surface area contributed by atoms with Gasteiger partial charge in [0.1, 0.15) is 0 Å². The largest absolute Gasteiger partial charge is 0.380 e. The van der Waals surface area contributed by atoms with Gasteiger partial charge in [-0.15, -0.1) is 0 Å². The van der Waals surface area contributed by atoms with Crippen LogP contribution in [0.3, 0.4) is 0 Å². The Hall–Kier alpha value is -0.0800. The minimum Gasteiger partial charge on any atom is -0.380 e. The van der Waals surface area contributed by atoms with E-state index in [1.54, 1.807) is 7.11 Å². The van der Waals surface area contributed by atoms with Gasteiger partial charge in [0.25, 0.3) is 0 Å². The van der Waals surface area contributed by atoms with Crippen LogP contribution in [0, 0.1) is 0 Å². The van der Waals surface area contributed by atoms with E-state index in [4.69, 9.17) is 4.74 Å². The Morgan fingerprint density at radius 1 is 1.17 bits per heavy atom. The summed E-state index contributed by atoms with van der Waals surface area (Å²) in [6.45, 7) is 7.43. The monoisotopic (exact) mass is 175 g/mol. The molecule has 12 heavy (non-hydrogen) atoms. The predicted molar refractivity (Wildman–Crippen MR) is 55.6 cm³/mol. The number of hydrogen-bond donors (Lipinski definition) is 1. The van der Waals surface area contributed by atoms with E-state index in [1.165, 1.54) is 12.8 Å². The lowest BCUT2D eigenvalue weighted by atomic mass is 10.3. The van der Waals surface area contributed by atoms with Crippen LogP contribution in [0.15, 0.2) is 0 Å². The van der Waals surface area contributed by atoms with Gasteiger partial charge < -0.3 is 10.1 Å². The Morgan fingerprint density at radius 2 is 1.67 bits per heavy atom. The molecule has 0 aliphatic carbocycles. The maximum Gasteiger partial charge on any atom is 0.0692 e. The average molecular weight is 175 g/mol. The van der Waals surface area contributed by atoms with Crippen LogP contribution in [-0.4, -0.2) is 26.8 Å². The van der Waals surface area contributed by atoms with Gasteiger partial charge in [-0.2, -0.15) is 0 Å². The van der Waals surface area contributed by atoms with E-state index < -0.39 is 0 Å². The third-order valence-corrected chi connectivity index (χ3v) is 1.72. The van der Waals surface area contributed by atoms with Crippen molar-refractivity contribution in [3.8, 4) is 0 Å². The standard InChI is InChI=1S/C6H15NO.C4H10/c1-4-6(8-3)5-7-2;1-3-4-2/h6-7H,4-5H2,1-3H3;3-4H2,1-2H3. The van der Waals surface area contributed by atoms with E-state index in [0.717, 1.165) is 13.0 Å². The third-order valence-electron chi connectivity index (χ3n) is 1.72. The van der Waals surface area contributed by atoms with Crippen molar-refractivity contribution in [1.82, 2.24) is 5.32 Å². The van der Waals surface area contributed by atoms with E-state index >= 15 is 0 Å². The molecule has 0 aromatic heterocycles. The lowest BCUT2D eigenvalue weighted by Gasteiger charge is -2.10. The van der Waals surface area contributed by atoms with Gasteiger partial charge in [0.15, 0.2) is 0 Å². The zero-order valence-electron chi connectivity index (χ0n) is 9.31. The number of hydrogen-bond acceptors (Lipinski definition) is 2. The van der Waals surface area contributed by atoms with Gasteiger partial charge in [-0.05, 0) is 13.5 Å². The van der Waals surface area contributed by atoms with Gasteiger partial charge in [0, 0.05) is 13.7 Å². The van der Waals surface area contributed by atoms with Crippen LogP contribution in [-0.2, 0) is 4.74 Å². The van der Waals surface area contributed by atoms with Gasteiger partial charge in [-0.25, -0.2) is 0 Å². The highest BCUT2D eigenvalue weighted by molar-refractivity contribution is 4.54. The van der Waals surface area contributed by atoms with Crippen molar-refractivity contribution in [3.05, 3.63) is 0 Å².